The molecule has 0 amide bonds. The average molecular weight is 717 g/mol. The Morgan fingerprint density at radius 3 is 1.52 bits per heavy atom. The summed E-state index contributed by atoms with van der Waals surface area (Å²) in [5, 5.41) is 4.51. The number of hydrogen-bond donors (Lipinski definition) is 0. The van der Waals surface area contributed by atoms with Crippen LogP contribution >= 0.6 is 0 Å². The van der Waals surface area contributed by atoms with Crippen molar-refractivity contribution in [3.8, 4) is 62.1 Å². The summed E-state index contributed by atoms with van der Waals surface area (Å²) >= 11 is 0. The normalized spacial score (nSPS) is 11.6. The molecule has 5 heteroatoms. The fraction of sp³-hybridized carbons (Fsp3) is 0. The summed E-state index contributed by atoms with van der Waals surface area (Å²) in [6.07, 6.45) is 0. The highest BCUT2D eigenvalue weighted by Crippen LogP contribution is 2.42. The summed E-state index contributed by atoms with van der Waals surface area (Å²) in [4.78, 5) is 15.4. The van der Waals surface area contributed by atoms with E-state index in [4.69, 9.17) is 19.4 Å². The number of aromatic nitrogens is 4. The van der Waals surface area contributed by atoms with Crippen LogP contribution in [0.5, 0.6) is 0 Å². The summed E-state index contributed by atoms with van der Waals surface area (Å²) in [5.74, 6) is 1.78. The molecule has 8 aromatic carbocycles. The lowest BCUT2D eigenvalue weighted by atomic mass is 9.96. The van der Waals surface area contributed by atoms with E-state index in [1.54, 1.807) is 0 Å². The average Bonchev–Trinajstić information content (AvgIpc) is 3.82. The third-order valence-electron chi connectivity index (χ3n) is 10.6. The van der Waals surface area contributed by atoms with Gasteiger partial charge in [0.15, 0.2) is 17.5 Å². The van der Waals surface area contributed by atoms with Gasteiger partial charge in [-0.3, -0.25) is 0 Å². The molecule has 0 aliphatic heterocycles. The van der Waals surface area contributed by atoms with E-state index in [9.17, 15) is 0 Å². The number of benzene rings is 8. The SMILES string of the molecule is c1ccc(-c2cc(-c3ccccc3)cc(-c3nc(-c4ccccc4)nc(-c4ccc5c(c4)oc4ccc6c7ccccc7n(-c7ccccc7)c6c45)n3)c2)cc1. The molecule has 0 saturated heterocycles. The molecule has 0 radical (unpaired) electrons. The van der Waals surface area contributed by atoms with Crippen LogP contribution in [0.15, 0.2) is 199 Å². The molecule has 11 rings (SSSR count). The maximum Gasteiger partial charge on any atom is 0.164 e. The molecule has 0 atom stereocenters. The maximum atomic E-state index is 6.68. The first-order chi connectivity index (χ1) is 27.7. The Balaban J connectivity index is 1.12. The molecule has 0 aliphatic rings. The van der Waals surface area contributed by atoms with Gasteiger partial charge in [-0.15, -0.1) is 0 Å². The number of nitrogens with zero attached hydrogens (tertiary/aromatic N) is 4. The highest BCUT2D eigenvalue weighted by Gasteiger charge is 2.20. The van der Waals surface area contributed by atoms with Gasteiger partial charge in [-0.1, -0.05) is 133 Å². The number of para-hydroxylation sites is 2. The van der Waals surface area contributed by atoms with E-state index in [1.165, 1.54) is 10.8 Å². The minimum Gasteiger partial charge on any atom is -0.456 e. The molecule has 0 saturated carbocycles. The number of rotatable bonds is 6. The Labute approximate surface area is 322 Å². The molecule has 3 heterocycles. The van der Waals surface area contributed by atoms with E-state index in [2.05, 4.69) is 156 Å². The molecular formula is C51H32N4O. The Morgan fingerprint density at radius 1 is 0.339 bits per heavy atom. The molecule has 0 spiro atoms. The lowest BCUT2D eigenvalue weighted by Gasteiger charge is -2.12. The van der Waals surface area contributed by atoms with E-state index in [-0.39, 0.29) is 0 Å². The van der Waals surface area contributed by atoms with Gasteiger partial charge in [-0.25, -0.2) is 15.0 Å². The number of furan rings is 1. The van der Waals surface area contributed by atoms with Crippen LogP contribution in [-0.2, 0) is 0 Å². The van der Waals surface area contributed by atoms with Gasteiger partial charge in [-0.05, 0) is 82.9 Å². The number of fused-ring (bicyclic) bond motifs is 7. The smallest absolute Gasteiger partial charge is 0.164 e. The van der Waals surface area contributed by atoms with Crippen LogP contribution in [0.2, 0.25) is 0 Å². The second-order valence-electron chi connectivity index (χ2n) is 14.0. The molecule has 0 aliphatic carbocycles. The first-order valence-electron chi connectivity index (χ1n) is 18.8. The molecule has 0 N–H and O–H groups in total. The van der Waals surface area contributed by atoms with Crippen LogP contribution in [0.1, 0.15) is 0 Å². The topological polar surface area (TPSA) is 56.7 Å². The molecule has 262 valence electrons. The molecule has 3 aromatic heterocycles. The fourth-order valence-corrected chi connectivity index (χ4v) is 8.00. The van der Waals surface area contributed by atoms with Gasteiger partial charge in [0.1, 0.15) is 11.2 Å². The van der Waals surface area contributed by atoms with Crippen molar-refractivity contribution in [3.63, 3.8) is 0 Å². The van der Waals surface area contributed by atoms with Gasteiger partial charge in [0.25, 0.3) is 0 Å². The van der Waals surface area contributed by atoms with Crippen LogP contribution in [0, 0.1) is 0 Å². The van der Waals surface area contributed by atoms with E-state index >= 15 is 0 Å². The van der Waals surface area contributed by atoms with Crippen molar-refractivity contribution < 1.29 is 4.42 Å². The van der Waals surface area contributed by atoms with Gasteiger partial charge in [0.2, 0.25) is 0 Å². The highest BCUT2D eigenvalue weighted by atomic mass is 16.3. The Morgan fingerprint density at radius 2 is 0.857 bits per heavy atom. The number of hydrogen-bond acceptors (Lipinski definition) is 4. The molecule has 5 nitrogen and oxygen atoms in total. The predicted octanol–water partition coefficient (Wildman–Crippen LogP) is 13.2. The van der Waals surface area contributed by atoms with Gasteiger partial charge in [-0.2, -0.15) is 0 Å². The van der Waals surface area contributed by atoms with Crippen molar-refractivity contribution in [2.24, 2.45) is 0 Å². The molecule has 0 unspecified atom stereocenters. The van der Waals surface area contributed by atoms with E-state index in [0.717, 1.165) is 77.6 Å². The van der Waals surface area contributed by atoms with Crippen molar-refractivity contribution in [1.82, 2.24) is 19.5 Å². The summed E-state index contributed by atoms with van der Waals surface area (Å²) in [5.41, 5.74) is 12.1. The summed E-state index contributed by atoms with van der Waals surface area (Å²) in [6, 6.07) is 67.3. The third-order valence-corrected chi connectivity index (χ3v) is 10.6. The molecule has 56 heavy (non-hydrogen) atoms. The summed E-state index contributed by atoms with van der Waals surface area (Å²) in [6.45, 7) is 0. The maximum absolute atomic E-state index is 6.68. The molecule has 0 fully saturated rings. The second-order valence-corrected chi connectivity index (χ2v) is 14.0. The summed E-state index contributed by atoms with van der Waals surface area (Å²) in [7, 11) is 0. The van der Waals surface area contributed by atoms with Crippen molar-refractivity contribution in [2.75, 3.05) is 0 Å². The minimum atomic E-state index is 0.575. The van der Waals surface area contributed by atoms with Crippen LogP contribution < -0.4 is 0 Å². The monoisotopic (exact) mass is 716 g/mol. The van der Waals surface area contributed by atoms with Crippen LogP contribution in [-0.4, -0.2) is 19.5 Å². The zero-order chi connectivity index (χ0) is 37.0. The quantitative estimate of drug-likeness (QED) is 0.172. The van der Waals surface area contributed by atoms with Gasteiger partial charge >= 0.3 is 0 Å². The van der Waals surface area contributed by atoms with Crippen molar-refractivity contribution in [2.45, 2.75) is 0 Å². The van der Waals surface area contributed by atoms with Crippen LogP contribution in [0.3, 0.4) is 0 Å². The Hall–Kier alpha value is -7.63. The molecular weight excluding hydrogens is 685 g/mol. The van der Waals surface area contributed by atoms with Gasteiger partial charge in [0, 0.05) is 38.5 Å². The van der Waals surface area contributed by atoms with E-state index in [0.29, 0.717) is 17.5 Å². The Kier molecular flexibility index (Phi) is 7.42. The highest BCUT2D eigenvalue weighted by molar-refractivity contribution is 6.24. The largest absolute Gasteiger partial charge is 0.456 e. The minimum absolute atomic E-state index is 0.575. The zero-order valence-corrected chi connectivity index (χ0v) is 30.2. The van der Waals surface area contributed by atoms with E-state index in [1.807, 2.05) is 42.5 Å². The van der Waals surface area contributed by atoms with Gasteiger partial charge in [0.05, 0.1) is 16.4 Å². The lowest BCUT2D eigenvalue weighted by molar-refractivity contribution is 0.669. The van der Waals surface area contributed by atoms with Crippen molar-refractivity contribution in [3.05, 3.63) is 194 Å². The van der Waals surface area contributed by atoms with E-state index < -0.39 is 0 Å². The standard InChI is InChI=1S/C51H32N4O/c1-5-15-33(16-6-1)37-29-38(34-17-7-2-8-18-34)31-39(30-37)51-53-49(35-19-9-3-10-20-35)52-50(54-51)36-25-26-43-46(32-36)56-45-28-27-42-41-23-13-14-24-44(41)55(48(42)47(43)45)40-21-11-4-12-22-40/h1-32H. The first-order valence-corrected chi connectivity index (χ1v) is 18.8. The van der Waals surface area contributed by atoms with Crippen molar-refractivity contribution in [1.29, 1.82) is 0 Å². The predicted molar refractivity (Wildman–Crippen MR) is 229 cm³/mol. The van der Waals surface area contributed by atoms with Crippen LogP contribution in [0.25, 0.3) is 106 Å². The third kappa shape index (κ3) is 5.37. The lowest BCUT2D eigenvalue weighted by Crippen LogP contribution is -2.00. The molecule has 0 bridgehead atoms. The van der Waals surface area contributed by atoms with Crippen LogP contribution in [0.4, 0.5) is 0 Å². The fourth-order valence-electron chi connectivity index (χ4n) is 8.00. The first kappa shape index (κ1) is 31.9. The second kappa shape index (κ2) is 13.0. The molecule has 11 aromatic rings. The Bertz CT molecular complexity index is 3170. The summed E-state index contributed by atoms with van der Waals surface area (Å²) < 4.78 is 9.04. The van der Waals surface area contributed by atoms with Crippen molar-refractivity contribution >= 4 is 43.7 Å². The van der Waals surface area contributed by atoms with Gasteiger partial charge < -0.3 is 8.98 Å². The zero-order valence-electron chi connectivity index (χ0n) is 30.2.